The average molecular weight is 500 g/mol. The second-order valence-electron chi connectivity index (χ2n) is 9.52. The number of hydrogen-bond acceptors (Lipinski definition) is 4. The van der Waals surface area contributed by atoms with Gasteiger partial charge in [0.2, 0.25) is 21.8 Å². The summed E-state index contributed by atoms with van der Waals surface area (Å²) in [5.41, 5.74) is 3.07. The van der Waals surface area contributed by atoms with Gasteiger partial charge in [0, 0.05) is 12.6 Å². The Hall–Kier alpha value is -2.87. The van der Waals surface area contributed by atoms with Gasteiger partial charge in [0.1, 0.15) is 12.6 Å². The van der Waals surface area contributed by atoms with Crippen molar-refractivity contribution in [2.75, 3.05) is 17.1 Å². The van der Waals surface area contributed by atoms with E-state index >= 15 is 0 Å². The standard InChI is InChI=1S/C27H37N3O4S/c1-20-12-11-17-25(21(20)2)30(35(4,33)34)19-26(31)29(18-23-13-7-5-8-14-23)22(3)27(32)28-24-15-9-6-10-16-24/h5,7-8,11-14,17,22,24H,6,9-10,15-16,18-19H2,1-4H3,(H,28,32)/t22-/m0/s1. The summed E-state index contributed by atoms with van der Waals surface area (Å²) in [5.74, 6) is -0.634. The van der Waals surface area contributed by atoms with Gasteiger partial charge in [-0.25, -0.2) is 8.42 Å². The fourth-order valence-electron chi connectivity index (χ4n) is 4.53. The Labute approximate surface area is 209 Å². The second kappa shape index (κ2) is 11.7. The number of nitrogens with zero attached hydrogens (tertiary/aromatic N) is 2. The molecule has 0 radical (unpaired) electrons. The van der Waals surface area contributed by atoms with E-state index in [0.29, 0.717) is 5.69 Å². The number of hydrogen-bond donors (Lipinski definition) is 1. The van der Waals surface area contributed by atoms with Gasteiger partial charge in [0.25, 0.3) is 0 Å². The summed E-state index contributed by atoms with van der Waals surface area (Å²) in [7, 11) is -3.74. The SMILES string of the molecule is Cc1cccc(N(CC(=O)N(Cc2ccccc2)[C@@H](C)C(=O)NC2CCCCC2)S(C)(=O)=O)c1C. The zero-order valence-electron chi connectivity index (χ0n) is 21.2. The van der Waals surface area contributed by atoms with Crippen LogP contribution in [0.15, 0.2) is 48.5 Å². The highest BCUT2D eigenvalue weighted by Crippen LogP contribution is 2.25. The van der Waals surface area contributed by atoms with Crippen LogP contribution in [-0.2, 0) is 26.2 Å². The summed E-state index contributed by atoms with van der Waals surface area (Å²) in [6.45, 7) is 5.29. The van der Waals surface area contributed by atoms with Crippen molar-refractivity contribution in [2.45, 2.75) is 71.5 Å². The van der Waals surface area contributed by atoms with E-state index in [4.69, 9.17) is 0 Å². The molecule has 7 nitrogen and oxygen atoms in total. The average Bonchev–Trinajstić information content (AvgIpc) is 2.83. The maximum absolute atomic E-state index is 13.7. The van der Waals surface area contributed by atoms with E-state index in [1.54, 1.807) is 19.1 Å². The minimum atomic E-state index is -3.74. The van der Waals surface area contributed by atoms with Crippen LogP contribution >= 0.6 is 0 Å². The van der Waals surface area contributed by atoms with Crippen molar-refractivity contribution in [1.29, 1.82) is 0 Å². The molecule has 2 aromatic carbocycles. The van der Waals surface area contributed by atoms with Crippen LogP contribution in [0.25, 0.3) is 0 Å². The number of anilines is 1. The van der Waals surface area contributed by atoms with Crippen LogP contribution in [0.3, 0.4) is 0 Å². The van der Waals surface area contributed by atoms with Crippen molar-refractivity contribution >= 4 is 27.5 Å². The lowest BCUT2D eigenvalue weighted by Crippen LogP contribution is -2.53. The van der Waals surface area contributed by atoms with Gasteiger partial charge in [-0.15, -0.1) is 0 Å². The fraction of sp³-hybridized carbons (Fsp3) is 0.481. The van der Waals surface area contributed by atoms with Gasteiger partial charge < -0.3 is 10.2 Å². The van der Waals surface area contributed by atoms with E-state index in [1.165, 1.54) is 11.3 Å². The second-order valence-corrected chi connectivity index (χ2v) is 11.4. The smallest absolute Gasteiger partial charge is 0.244 e. The molecule has 1 N–H and O–H groups in total. The highest BCUT2D eigenvalue weighted by atomic mass is 32.2. The predicted octanol–water partition coefficient (Wildman–Crippen LogP) is 3.94. The largest absolute Gasteiger partial charge is 0.352 e. The van der Waals surface area contributed by atoms with Gasteiger partial charge in [-0.2, -0.15) is 0 Å². The van der Waals surface area contributed by atoms with Crippen molar-refractivity contribution in [3.05, 3.63) is 65.2 Å². The lowest BCUT2D eigenvalue weighted by molar-refractivity contribution is -0.139. The van der Waals surface area contributed by atoms with Crippen LogP contribution in [0.1, 0.15) is 55.7 Å². The van der Waals surface area contributed by atoms with Gasteiger partial charge in [-0.3, -0.25) is 13.9 Å². The molecule has 2 aromatic rings. The molecule has 0 saturated heterocycles. The zero-order valence-corrected chi connectivity index (χ0v) is 22.0. The van der Waals surface area contributed by atoms with E-state index in [-0.39, 0.29) is 25.0 Å². The number of benzene rings is 2. The van der Waals surface area contributed by atoms with E-state index in [1.807, 2.05) is 50.2 Å². The molecular weight excluding hydrogens is 462 g/mol. The molecule has 1 aliphatic carbocycles. The normalized spacial score (nSPS) is 15.3. The number of carbonyl (C=O) groups is 2. The Kier molecular flexibility index (Phi) is 8.94. The summed E-state index contributed by atoms with van der Waals surface area (Å²) in [6, 6.07) is 14.2. The lowest BCUT2D eigenvalue weighted by atomic mass is 9.95. The first-order chi connectivity index (χ1) is 16.6. The van der Waals surface area contributed by atoms with Gasteiger partial charge in [-0.1, -0.05) is 61.7 Å². The highest BCUT2D eigenvalue weighted by Gasteiger charge is 2.31. The summed E-state index contributed by atoms with van der Waals surface area (Å²) in [4.78, 5) is 28.3. The minimum absolute atomic E-state index is 0.120. The van der Waals surface area contributed by atoms with Gasteiger partial charge >= 0.3 is 0 Å². The van der Waals surface area contributed by atoms with Crippen molar-refractivity contribution < 1.29 is 18.0 Å². The number of amides is 2. The van der Waals surface area contributed by atoms with Crippen LogP contribution < -0.4 is 9.62 Å². The molecule has 0 aliphatic heterocycles. The topological polar surface area (TPSA) is 86.8 Å². The van der Waals surface area contributed by atoms with Crippen LogP contribution in [0.5, 0.6) is 0 Å². The third-order valence-corrected chi connectivity index (χ3v) is 7.96. The Morgan fingerprint density at radius 2 is 1.66 bits per heavy atom. The van der Waals surface area contributed by atoms with E-state index in [0.717, 1.165) is 52.9 Å². The molecule has 0 heterocycles. The number of carbonyl (C=O) groups excluding carboxylic acids is 2. The monoisotopic (exact) mass is 499 g/mol. The van der Waals surface area contributed by atoms with E-state index < -0.39 is 22.0 Å². The molecule has 1 aliphatic rings. The van der Waals surface area contributed by atoms with Crippen molar-refractivity contribution in [1.82, 2.24) is 10.2 Å². The molecule has 0 spiro atoms. The number of sulfonamides is 1. The Morgan fingerprint density at radius 1 is 1.00 bits per heavy atom. The van der Waals surface area contributed by atoms with E-state index in [9.17, 15) is 18.0 Å². The van der Waals surface area contributed by atoms with E-state index in [2.05, 4.69) is 5.32 Å². The number of aryl methyl sites for hydroxylation is 1. The number of rotatable bonds is 9. The summed E-state index contributed by atoms with van der Waals surface area (Å²) in [5, 5.41) is 3.11. The fourth-order valence-corrected chi connectivity index (χ4v) is 5.43. The molecule has 0 bridgehead atoms. The van der Waals surface area contributed by atoms with Crippen LogP contribution in [0, 0.1) is 13.8 Å². The molecule has 1 atom stereocenters. The number of nitrogens with one attached hydrogen (secondary N) is 1. The Morgan fingerprint density at radius 3 is 2.29 bits per heavy atom. The summed E-state index contributed by atoms with van der Waals surface area (Å²) >= 11 is 0. The van der Waals surface area contributed by atoms with Crippen molar-refractivity contribution in [3.63, 3.8) is 0 Å². The third kappa shape index (κ3) is 7.07. The quantitative estimate of drug-likeness (QED) is 0.566. The maximum Gasteiger partial charge on any atom is 0.244 e. The van der Waals surface area contributed by atoms with Gasteiger partial charge in [0.05, 0.1) is 11.9 Å². The zero-order chi connectivity index (χ0) is 25.6. The Bertz CT molecular complexity index is 1130. The molecular formula is C27H37N3O4S. The summed E-state index contributed by atoms with van der Waals surface area (Å²) < 4.78 is 26.6. The highest BCUT2D eigenvalue weighted by molar-refractivity contribution is 7.92. The van der Waals surface area contributed by atoms with Crippen LogP contribution in [0.4, 0.5) is 5.69 Å². The first kappa shape index (κ1) is 26.7. The molecule has 1 saturated carbocycles. The Balaban J connectivity index is 1.88. The summed E-state index contributed by atoms with van der Waals surface area (Å²) in [6.07, 6.45) is 6.35. The third-order valence-electron chi connectivity index (χ3n) is 6.84. The molecule has 1 fully saturated rings. The van der Waals surface area contributed by atoms with Gasteiger partial charge in [0.15, 0.2) is 0 Å². The van der Waals surface area contributed by atoms with Crippen molar-refractivity contribution in [3.8, 4) is 0 Å². The molecule has 35 heavy (non-hydrogen) atoms. The lowest BCUT2D eigenvalue weighted by Gasteiger charge is -2.33. The molecule has 2 amide bonds. The molecule has 190 valence electrons. The molecule has 8 heteroatoms. The first-order valence-electron chi connectivity index (χ1n) is 12.3. The van der Waals surface area contributed by atoms with Crippen LogP contribution in [0.2, 0.25) is 0 Å². The first-order valence-corrected chi connectivity index (χ1v) is 14.1. The van der Waals surface area contributed by atoms with Crippen molar-refractivity contribution in [2.24, 2.45) is 0 Å². The van der Waals surface area contributed by atoms with Crippen LogP contribution in [-0.4, -0.2) is 50.0 Å². The maximum atomic E-state index is 13.7. The molecule has 0 unspecified atom stereocenters. The molecule has 0 aromatic heterocycles. The predicted molar refractivity (Wildman–Crippen MR) is 140 cm³/mol. The van der Waals surface area contributed by atoms with Gasteiger partial charge in [-0.05, 0) is 56.4 Å². The minimum Gasteiger partial charge on any atom is -0.352 e. The molecule has 3 rings (SSSR count).